The number of sulfone groups is 1. The highest BCUT2D eigenvalue weighted by molar-refractivity contribution is 7.90. The first-order valence-electron chi connectivity index (χ1n) is 12.4. The van der Waals surface area contributed by atoms with Gasteiger partial charge in [-0.3, -0.25) is 9.59 Å². The summed E-state index contributed by atoms with van der Waals surface area (Å²) in [6.07, 6.45) is 5.86. The zero-order valence-electron chi connectivity index (χ0n) is 20.8. The summed E-state index contributed by atoms with van der Waals surface area (Å²) >= 11 is 6.03. The van der Waals surface area contributed by atoms with Crippen molar-refractivity contribution in [2.24, 2.45) is 0 Å². The zero-order chi connectivity index (χ0) is 26.7. The summed E-state index contributed by atoms with van der Waals surface area (Å²) in [6, 6.07) is 8.46. The molecular weight excluding hydrogens is 519 g/mol. The molecule has 2 aromatic rings. The number of halogens is 2. The molecule has 0 bridgehead atoms. The van der Waals surface area contributed by atoms with Crippen molar-refractivity contribution in [3.8, 4) is 0 Å². The molecule has 0 unspecified atom stereocenters. The molecule has 2 N–H and O–H groups in total. The Labute approximate surface area is 222 Å². The number of nitrogens with two attached hydrogens (primary N) is 1. The van der Waals surface area contributed by atoms with E-state index in [4.69, 9.17) is 17.3 Å². The van der Waals surface area contributed by atoms with Crippen LogP contribution in [0.15, 0.2) is 41.3 Å². The lowest BCUT2D eigenvalue weighted by Gasteiger charge is -2.39. The number of hydrogen-bond acceptors (Lipinski definition) is 6. The number of hydrogen-bond donors (Lipinski definition) is 1. The molecule has 1 aliphatic heterocycles. The van der Waals surface area contributed by atoms with E-state index in [1.165, 1.54) is 12.1 Å². The van der Waals surface area contributed by atoms with Crippen molar-refractivity contribution in [1.29, 1.82) is 0 Å². The molecule has 1 heterocycles. The van der Waals surface area contributed by atoms with Gasteiger partial charge in [-0.1, -0.05) is 30.9 Å². The van der Waals surface area contributed by atoms with Gasteiger partial charge in [0, 0.05) is 44.0 Å². The van der Waals surface area contributed by atoms with E-state index in [9.17, 15) is 22.4 Å². The number of rotatable bonds is 6. The molecule has 4 rings (SSSR count). The Balaban J connectivity index is 1.47. The highest BCUT2D eigenvalue weighted by atomic mass is 35.5. The lowest BCUT2D eigenvalue weighted by atomic mass is 9.93. The average molecular weight is 551 g/mol. The van der Waals surface area contributed by atoms with E-state index in [1.54, 1.807) is 28.0 Å². The van der Waals surface area contributed by atoms with Gasteiger partial charge in [0.05, 0.1) is 21.3 Å². The highest BCUT2D eigenvalue weighted by Gasteiger charge is 2.31. The van der Waals surface area contributed by atoms with Crippen LogP contribution in [0.5, 0.6) is 0 Å². The van der Waals surface area contributed by atoms with Crippen molar-refractivity contribution >= 4 is 44.6 Å². The largest absolute Gasteiger partial charge is 0.398 e. The maximum atomic E-state index is 13.7. The smallest absolute Gasteiger partial charge is 0.254 e. The van der Waals surface area contributed by atoms with E-state index in [2.05, 4.69) is 0 Å². The molecule has 2 aliphatic rings. The second kappa shape index (κ2) is 11.3. The molecule has 0 spiro atoms. The molecule has 2 aromatic carbocycles. The molecule has 1 saturated carbocycles. The van der Waals surface area contributed by atoms with Gasteiger partial charge in [0.15, 0.2) is 9.84 Å². The minimum atomic E-state index is -3.63. The van der Waals surface area contributed by atoms with Gasteiger partial charge in [0.25, 0.3) is 5.91 Å². The van der Waals surface area contributed by atoms with Crippen molar-refractivity contribution in [2.45, 2.75) is 43.0 Å². The Morgan fingerprint density at radius 1 is 1.05 bits per heavy atom. The van der Waals surface area contributed by atoms with E-state index < -0.39 is 15.7 Å². The van der Waals surface area contributed by atoms with Gasteiger partial charge < -0.3 is 20.4 Å². The Bertz CT molecular complexity index is 1280. The van der Waals surface area contributed by atoms with Gasteiger partial charge in [-0.2, -0.15) is 0 Å². The van der Waals surface area contributed by atoms with Crippen LogP contribution in [-0.2, 0) is 14.6 Å². The van der Waals surface area contributed by atoms with Crippen molar-refractivity contribution in [3.05, 3.63) is 52.8 Å². The van der Waals surface area contributed by atoms with E-state index in [0.717, 1.165) is 44.4 Å². The average Bonchev–Trinajstić information content (AvgIpc) is 2.88. The SMILES string of the molecule is CS(=O)(=O)c1cc(F)ccc1N1CCN(C(=O)CN(C(=O)c2ccc(Cl)c(N)c2)C2CCCCC2)CC1. The highest BCUT2D eigenvalue weighted by Crippen LogP contribution is 2.29. The summed E-state index contributed by atoms with van der Waals surface area (Å²) in [5, 5.41) is 0.370. The van der Waals surface area contributed by atoms with Crippen molar-refractivity contribution in [3.63, 3.8) is 0 Å². The monoisotopic (exact) mass is 550 g/mol. The van der Waals surface area contributed by atoms with E-state index >= 15 is 0 Å². The second-order valence-corrected chi connectivity index (χ2v) is 12.1. The first kappa shape index (κ1) is 27.2. The molecule has 2 fully saturated rings. The summed E-state index contributed by atoms with van der Waals surface area (Å²) in [6.45, 7) is 1.47. The Kier molecular flexibility index (Phi) is 8.28. The van der Waals surface area contributed by atoms with Crippen LogP contribution in [0.1, 0.15) is 42.5 Å². The number of nitrogen functional groups attached to an aromatic ring is 1. The van der Waals surface area contributed by atoms with Gasteiger partial charge in [-0.25, -0.2) is 12.8 Å². The lowest BCUT2D eigenvalue weighted by molar-refractivity contribution is -0.132. The number of piperazine rings is 1. The summed E-state index contributed by atoms with van der Waals surface area (Å²) < 4.78 is 38.1. The molecule has 11 heteroatoms. The molecule has 1 aliphatic carbocycles. The van der Waals surface area contributed by atoms with E-state index in [1.807, 2.05) is 4.90 Å². The van der Waals surface area contributed by atoms with Crippen LogP contribution in [0.3, 0.4) is 0 Å². The summed E-state index contributed by atoms with van der Waals surface area (Å²) in [4.78, 5) is 32.0. The third-order valence-corrected chi connectivity index (χ3v) is 8.59. The number of carbonyl (C=O) groups is 2. The van der Waals surface area contributed by atoms with Crippen molar-refractivity contribution in [2.75, 3.05) is 49.6 Å². The minimum Gasteiger partial charge on any atom is -0.398 e. The van der Waals surface area contributed by atoms with Crippen LogP contribution in [0, 0.1) is 5.82 Å². The molecule has 1 saturated heterocycles. The fourth-order valence-corrected chi connectivity index (χ4v) is 6.11. The molecule has 8 nitrogen and oxygen atoms in total. The summed E-state index contributed by atoms with van der Waals surface area (Å²) in [5.41, 5.74) is 7.06. The molecule has 0 atom stereocenters. The number of benzene rings is 2. The maximum Gasteiger partial charge on any atom is 0.254 e. The molecule has 2 amide bonds. The Morgan fingerprint density at radius 2 is 1.73 bits per heavy atom. The van der Waals surface area contributed by atoms with Crippen LogP contribution >= 0.6 is 11.6 Å². The normalized spacial score (nSPS) is 17.1. The third-order valence-electron chi connectivity index (χ3n) is 7.12. The van der Waals surface area contributed by atoms with Crippen molar-refractivity contribution in [1.82, 2.24) is 9.80 Å². The minimum absolute atomic E-state index is 0.0278. The maximum absolute atomic E-state index is 13.7. The van der Waals surface area contributed by atoms with Crippen LogP contribution in [0.25, 0.3) is 0 Å². The van der Waals surface area contributed by atoms with E-state index in [-0.39, 0.29) is 29.3 Å². The van der Waals surface area contributed by atoms with Crippen LogP contribution < -0.4 is 10.6 Å². The second-order valence-electron chi connectivity index (χ2n) is 9.71. The summed E-state index contributed by atoms with van der Waals surface area (Å²) in [7, 11) is -3.63. The molecule has 37 heavy (non-hydrogen) atoms. The quantitative estimate of drug-likeness (QED) is 0.551. The predicted octanol–water partition coefficient (Wildman–Crippen LogP) is 3.59. The lowest BCUT2D eigenvalue weighted by Crippen LogP contribution is -2.53. The van der Waals surface area contributed by atoms with Gasteiger partial charge >= 0.3 is 0 Å². The van der Waals surface area contributed by atoms with Crippen molar-refractivity contribution < 1.29 is 22.4 Å². The molecular formula is C26H32ClFN4O4S. The third kappa shape index (κ3) is 6.35. The van der Waals surface area contributed by atoms with Gasteiger partial charge in [0.2, 0.25) is 5.91 Å². The van der Waals surface area contributed by atoms with Gasteiger partial charge in [-0.15, -0.1) is 0 Å². The van der Waals surface area contributed by atoms with Gasteiger partial charge in [0.1, 0.15) is 12.4 Å². The first-order valence-corrected chi connectivity index (χ1v) is 14.7. The fourth-order valence-electron chi connectivity index (χ4n) is 5.09. The van der Waals surface area contributed by atoms with Crippen LogP contribution in [0.2, 0.25) is 5.02 Å². The molecule has 0 radical (unpaired) electrons. The topological polar surface area (TPSA) is 104 Å². The Hall–Kier alpha value is -2.85. The summed E-state index contributed by atoms with van der Waals surface area (Å²) in [5.74, 6) is -1.03. The number of carbonyl (C=O) groups excluding carboxylic acids is 2. The molecule has 0 aromatic heterocycles. The van der Waals surface area contributed by atoms with Crippen LogP contribution in [0.4, 0.5) is 15.8 Å². The number of anilines is 2. The number of nitrogens with zero attached hydrogens (tertiary/aromatic N) is 3. The fraction of sp³-hybridized carbons (Fsp3) is 0.462. The van der Waals surface area contributed by atoms with E-state index in [0.29, 0.717) is 48.1 Å². The predicted molar refractivity (Wildman–Crippen MR) is 142 cm³/mol. The zero-order valence-corrected chi connectivity index (χ0v) is 22.4. The standard InChI is InChI=1S/C26H32ClFN4O4S/c1-37(35,36)24-16-19(28)8-10-23(24)30-11-13-31(14-12-30)25(33)17-32(20-5-3-2-4-6-20)26(34)18-7-9-21(27)22(29)15-18/h7-10,15-16,20H,2-6,11-14,17,29H2,1H3. The van der Waals surface area contributed by atoms with Crippen LogP contribution in [-0.4, -0.2) is 75.1 Å². The Morgan fingerprint density at radius 3 is 2.35 bits per heavy atom. The first-order chi connectivity index (χ1) is 17.5. The molecule has 200 valence electrons. The van der Waals surface area contributed by atoms with Gasteiger partial charge in [-0.05, 0) is 49.2 Å². The number of amides is 2.